The highest BCUT2D eigenvalue weighted by Crippen LogP contribution is 2.39. The van der Waals surface area contributed by atoms with Crippen LogP contribution >= 0.6 is 0 Å². The maximum Gasteiger partial charge on any atom is 0.167 e. The smallest absolute Gasteiger partial charge is 0.167 e. The Bertz CT molecular complexity index is 770. The number of hydrogen-bond donors (Lipinski definition) is 2. The molecule has 1 unspecified atom stereocenters. The van der Waals surface area contributed by atoms with Gasteiger partial charge in [0.1, 0.15) is 0 Å². The van der Waals surface area contributed by atoms with Crippen molar-refractivity contribution in [3.8, 4) is 0 Å². The standard InChI is InChI=1S/C16H12N2O/c19-16(10-17-14-8-4-2-6-12(14)16)15-9-11-5-1-3-7-13(11)18-15/h1-10,18-19H. The first-order valence-corrected chi connectivity index (χ1v) is 6.23. The van der Waals surface area contributed by atoms with E-state index in [0.717, 1.165) is 27.8 Å². The van der Waals surface area contributed by atoms with E-state index in [2.05, 4.69) is 9.98 Å². The predicted octanol–water partition coefficient (Wildman–Crippen LogP) is 3.12. The zero-order chi connectivity index (χ0) is 12.9. The second-order valence-corrected chi connectivity index (χ2v) is 4.81. The third kappa shape index (κ3) is 1.39. The Morgan fingerprint density at radius 1 is 1.00 bits per heavy atom. The molecule has 3 heteroatoms. The van der Waals surface area contributed by atoms with Crippen LogP contribution < -0.4 is 0 Å². The summed E-state index contributed by atoms with van der Waals surface area (Å²) in [6, 6.07) is 17.6. The largest absolute Gasteiger partial charge is 0.373 e. The third-order valence-corrected chi connectivity index (χ3v) is 3.65. The number of nitrogens with one attached hydrogen (secondary N) is 1. The maximum atomic E-state index is 10.9. The molecule has 2 N–H and O–H groups in total. The van der Waals surface area contributed by atoms with E-state index < -0.39 is 5.60 Å². The summed E-state index contributed by atoms with van der Waals surface area (Å²) in [4.78, 5) is 7.58. The van der Waals surface area contributed by atoms with Crippen LogP contribution in [-0.4, -0.2) is 16.3 Å². The molecule has 0 saturated heterocycles. The van der Waals surface area contributed by atoms with Crippen LogP contribution in [0, 0.1) is 0 Å². The van der Waals surface area contributed by atoms with Crippen LogP contribution in [0.2, 0.25) is 0 Å². The maximum absolute atomic E-state index is 10.9. The molecule has 1 atom stereocenters. The molecule has 0 aliphatic carbocycles. The first kappa shape index (κ1) is 10.5. The molecule has 1 aliphatic heterocycles. The van der Waals surface area contributed by atoms with Crippen molar-refractivity contribution < 1.29 is 5.11 Å². The summed E-state index contributed by atoms with van der Waals surface area (Å²) < 4.78 is 0. The molecule has 3 aromatic rings. The monoisotopic (exact) mass is 248 g/mol. The Balaban J connectivity index is 1.95. The minimum absolute atomic E-state index is 0.752. The highest BCUT2D eigenvalue weighted by molar-refractivity contribution is 5.89. The van der Waals surface area contributed by atoms with Gasteiger partial charge in [0, 0.05) is 17.3 Å². The molecule has 0 radical (unpaired) electrons. The normalized spacial score (nSPS) is 20.9. The Morgan fingerprint density at radius 2 is 1.79 bits per heavy atom. The lowest BCUT2D eigenvalue weighted by Gasteiger charge is -2.19. The molecule has 92 valence electrons. The number of nitrogens with zero attached hydrogens (tertiary/aromatic N) is 1. The second kappa shape index (κ2) is 3.56. The molecule has 3 nitrogen and oxygen atoms in total. The van der Waals surface area contributed by atoms with Gasteiger partial charge in [-0.1, -0.05) is 36.4 Å². The number of H-pyrrole nitrogens is 1. The minimum atomic E-state index is -1.16. The molecule has 0 spiro atoms. The predicted molar refractivity (Wildman–Crippen MR) is 75.9 cm³/mol. The van der Waals surface area contributed by atoms with Gasteiger partial charge in [-0.2, -0.15) is 0 Å². The van der Waals surface area contributed by atoms with Crippen molar-refractivity contribution in [2.45, 2.75) is 5.60 Å². The summed E-state index contributed by atoms with van der Waals surface area (Å²) in [6.07, 6.45) is 1.60. The molecule has 2 heterocycles. The first-order chi connectivity index (χ1) is 9.27. The number of hydrogen-bond acceptors (Lipinski definition) is 2. The van der Waals surface area contributed by atoms with Gasteiger partial charge in [-0.25, -0.2) is 0 Å². The van der Waals surface area contributed by atoms with Crippen molar-refractivity contribution in [1.82, 2.24) is 4.98 Å². The summed E-state index contributed by atoms with van der Waals surface area (Å²) in [7, 11) is 0. The van der Waals surface area contributed by atoms with E-state index in [1.807, 2.05) is 54.6 Å². The number of aliphatic hydroxyl groups is 1. The van der Waals surface area contributed by atoms with Crippen LogP contribution in [-0.2, 0) is 5.60 Å². The van der Waals surface area contributed by atoms with Crippen molar-refractivity contribution in [1.29, 1.82) is 0 Å². The molecule has 19 heavy (non-hydrogen) atoms. The molecule has 0 amide bonds. The summed E-state index contributed by atoms with van der Waals surface area (Å²) in [5, 5.41) is 12.0. The van der Waals surface area contributed by atoms with Crippen molar-refractivity contribution in [2.75, 3.05) is 0 Å². The average molecular weight is 248 g/mol. The van der Waals surface area contributed by atoms with E-state index >= 15 is 0 Å². The van der Waals surface area contributed by atoms with Gasteiger partial charge >= 0.3 is 0 Å². The highest BCUT2D eigenvalue weighted by atomic mass is 16.3. The van der Waals surface area contributed by atoms with E-state index in [1.54, 1.807) is 6.21 Å². The Hall–Kier alpha value is -2.39. The van der Waals surface area contributed by atoms with Gasteiger partial charge < -0.3 is 10.1 Å². The summed E-state index contributed by atoms with van der Waals surface area (Å²) in [6.45, 7) is 0. The number of benzene rings is 2. The second-order valence-electron chi connectivity index (χ2n) is 4.81. The van der Waals surface area contributed by atoms with E-state index in [9.17, 15) is 5.11 Å². The Morgan fingerprint density at radius 3 is 2.68 bits per heavy atom. The Labute approximate surface area is 110 Å². The van der Waals surface area contributed by atoms with E-state index in [1.165, 1.54) is 0 Å². The van der Waals surface area contributed by atoms with Crippen LogP contribution in [0.15, 0.2) is 59.6 Å². The van der Waals surface area contributed by atoms with Gasteiger partial charge in [-0.3, -0.25) is 4.99 Å². The van der Waals surface area contributed by atoms with Gasteiger partial charge in [-0.15, -0.1) is 0 Å². The number of aromatic amines is 1. The highest BCUT2D eigenvalue weighted by Gasteiger charge is 2.37. The fourth-order valence-electron chi connectivity index (χ4n) is 2.63. The number of fused-ring (bicyclic) bond motifs is 2. The molecule has 2 aromatic carbocycles. The van der Waals surface area contributed by atoms with E-state index in [4.69, 9.17) is 0 Å². The van der Waals surface area contributed by atoms with E-state index in [-0.39, 0.29) is 0 Å². The lowest BCUT2D eigenvalue weighted by Crippen LogP contribution is -2.26. The van der Waals surface area contributed by atoms with Gasteiger partial charge in [0.05, 0.1) is 11.4 Å². The van der Waals surface area contributed by atoms with Crippen LogP contribution in [0.3, 0.4) is 0 Å². The molecular formula is C16H12N2O. The summed E-state index contributed by atoms with van der Waals surface area (Å²) in [5.74, 6) is 0. The van der Waals surface area contributed by atoms with E-state index in [0.29, 0.717) is 0 Å². The molecule has 4 rings (SSSR count). The molecule has 0 bridgehead atoms. The van der Waals surface area contributed by atoms with Gasteiger partial charge in [0.2, 0.25) is 0 Å². The molecule has 0 fully saturated rings. The number of rotatable bonds is 1. The quantitative estimate of drug-likeness (QED) is 0.683. The van der Waals surface area contributed by atoms with Crippen molar-refractivity contribution in [3.63, 3.8) is 0 Å². The zero-order valence-electron chi connectivity index (χ0n) is 10.2. The number of para-hydroxylation sites is 2. The van der Waals surface area contributed by atoms with Crippen molar-refractivity contribution in [3.05, 3.63) is 65.9 Å². The molecular weight excluding hydrogens is 236 g/mol. The summed E-state index contributed by atoms with van der Waals surface area (Å²) in [5.41, 5.74) is 2.26. The minimum Gasteiger partial charge on any atom is -0.373 e. The lowest BCUT2D eigenvalue weighted by atomic mass is 9.92. The molecule has 0 saturated carbocycles. The number of aromatic nitrogens is 1. The van der Waals surface area contributed by atoms with Gasteiger partial charge in [-0.05, 0) is 23.6 Å². The topological polar surface area (TPSA) is 48.4 Å². The SMILES string of the molecule is OC1(c2cc3ccccc3[nH]2)C=Nc2ccccc21. The fourth-order valence-corrected chi connectivity index (χ4v) is 2.63. The summed E-state index contributed by atoms with van der Waals surface area (Å²) >= 11 is 0. The van der Waals surface area contributed by atoms with Gasteiger partial charge in [0.15, 0.2) is 5.60 Å². The third-order valence-electron chi connectivity index (χ3n) is 3.65. The van der Waals surface area contributed by atoms with Gasteiger partial charge in [0.25, 0.3) is 0 Å². The van der Waals surface area contributed by atoms with Crippen LogP contribution in [0.5, 0.6) is 0 Å². The zero-order valence-corrected chi connectivity index (χ0v) is 10.2. The fraction of sp³-hybridized carbons (Fsp3) is 0.0625. The first-order valence-electron chi connectivity index (χ1n) is 6.23. The Kier molecular flexibility index (Phi) is 1.97. The molecule has 1 aliphatic rings. The van der Waals surface area contributed by atoms with Crippen LogP contribution in [0.25, 0.3) is 10.9 Å². The lowest BCUT2D eigenvalue weighted by molar-refractivity contribution is 0.161. The van der Waals surface area contributed by atoms with Crippen molar-refractivity contribution in [2.24, 2.45) is 4.99 Å². The number of aliphatic imine (C=N–C) groups is 1. The van der Waals surface area contributed by atoms with Crippen LogP contribution in [0.1, 0.15) is 11.3 Å². The van der Waals surface area contributed by atoms with Crippen molar-refractivity contribution >= 4 is 22.8 Å². The van der Waals surface area contributed by atoms with Crippen LogP contribution in [0.4, 0.5) is 5.69 Å². The average Bonchev–Trinajstić information content (AvgIpc) is 3.02. The molecule has 1 aromatic heterocycles.